The molecule has 0 spiro atoms. The van der Waals surface area contributed by atoms with Gasteiger partial charge in [-0.2, -0.15) is 0 Å². The van der Waals surface area contributed by atoms with Crippen LogP contribution in [0.4, 0.5) is 0 Å². The van der Waals surface area contributed by atoms with E-state index in [0.29, 0.717) is 13.0 Å². The molecule has 1 aromatic heterocycles. The Labute approximate surface area is 122 Å². The molecule has 0 atom stereocenters. The first-order valence-electron chi connectivity index (χ1n) is 6.31. The topological polar surface area (TPSA) is 91.9 Å². The van der Waals surface area contributed by atoms with Crippen LogP contribution in [0.15, 0.2) is 59.2 Å². The summed E-state index contributed by atoms with van der Waals surface area (Å²) >= 11 is 0. The van der Waals surface area contributed by atoms with Crippen molar-refractivity contribution in [2.45, 2.75) is 11.3 Å². The number of nitrogens with zero attached hydrogens (tertiary/aromatic N) is 1. The number of aromatic nitrogens is 2. The summed E-state index contributed by atoms with van der Waals surface area (Å²) in [6.07, 6.45) is 4.85. The van der Waals surface area contributed by atoms with Crippen LogP contribution < -0.4 is 5.32 Å². The number of rotatable bonds is 6. The zero-order chi connectivity index (χ0) is 15.1. The summed E-state index contributed by atoms with van der Waals surface area (Å²) < 4.78 is 23.8. The van der Waals surface area contributed by atoms with E-state index in [4.69, 9.17) is 0 Å². The number of nitrogens with one attached hydrogen (secondary N) is 2. The van der Waals surface area contributed by atoms with Gasteiger partial charge in [0.2, 0.25) is 5.91 Å². The summed E-state index contributed by atoms with van der Waals surface area (Å²) in [5, 5.41) is 3.52. The number of aromatic amines is 1. The Morgan fingerprint density at radius 3 is 2.71 bits per heavy atom. The second-order valence-corrected chi connectivity index (χ2v) is 6.11. The molecule has 0 aliphatic rings. The molecule has 2 rings (SSSR count). The number of hydrogen-bond donors (Lipinski definition) is 2. The predicted molar refractivity (Wildman–Crippen MR) is 78.1 cm³/mol. The molecule has 0 unspecified atom stereocenters. The van der Waals surface area contributed by atoms with E-state index in [2.05, 4.69) is 15.3 Å². The van der Waals surface area contributed by atoms with Gasteiger partial charge in [-0.05, 0) is 12.1 Å². The fraction of sp³-hybridized carbons (Fsp3) is 0.143. The first-order valence-corrected chi connectivity index (χ1v) is 7.86. The second-order valence-electron chi connectivity index (χ2n) is 4.28. The number of imidazole rings is 1. The van der Waals surface area contributed by atoms with Crippen molar-refractivity contribution in [3.05, 3.63) is 60.0 Å². The lowest BCUT2D eigenvalue weighted by Crippen LogP contribution is -2.23. The number of carbonyl (C=O) groups excluding carboxylic acids is 1. The number of carbonyl (C=O) groups is 1. The third kappa shape index (κ3) is 4.57. The van der Waals surface area contributed by atoms with Gasteiger partial charge in [-0.3, -0.25) is 4.79 Å². The highest BCUT2D eigenvalue weighted by atomic mass is 32.2. The van der Waals surface area contributed by atoms with Gasteiger partial charge in [0, 0.05) is 36.3 Å². The number of amides is 1. The van der Waals surface area contributed by atoms with E-state index in [1.54, 1.807) is 30.7 Å². The van der Waals surface area contributed by atoms with Crippen molar-refractivity contribution in [2.24, 2.45) is 0 Å². The van der Waals surface area contributed by atoms with E-state index in [-0.39, 0.29) is 4.90 Å². The van der Waals surface area contributed by atoms with Gasteiger partial charge in [0.25, 0.3) is 0 Å². The van der Waals surface area contributed by atoms with Crippen LogP contribution in [0.5, 0.6) is 0 Å². The Hall–Kier alpha value is -2.41. The molecule has 0 bridgehead atoms. The number of hydrogen-bond acceptors (Lipinski definition) is 4. The molecule has 110 valence electrons. The maximum absolute atomic E-state index is 11.9. The summed E-state index contributed by atoms with van der Waals surface area (Å²) in [7, 11) is -3.58. The van der Waals surface area contributed by atoms with Crippen molar-refractivity contribution in [3.8, 4) is 0 Å². The van der Waals surface area contributed by atoms with Crippen LogP contribution in [0.2, 0.25) is 0 Å². The van der Waals surface area contributed by atoms with Crippen LogP contribution in [0.3, 0.4) is 0 Å². The van der Waals surface area contributed by atoms with Crippen molar-refractivity contribution in [3.63, 3.8) is 0 Å². The smallest absolute Gasteiger partial charge is 0.244 e. The third-order valence-corrected chi connectivity index (χ3v) is 4.14. The first-order chi connectivity index (χ1) is 10.1. The van der Waals surface area contributed by atoms with E-state index in [1.807, 2.05) is 0 Å². The molecule has 1 aromatic carbocycles. The Morgan fingerprint density at radius 1 is 1.29 bits per heavy atom. The normalized spacial score (nSPS) is 11.6. The molecular formula is C14H15N3O3S. The van der Waals surface area contributed by atoms with Crippen molar-refractivity contribution >= 4 is 15.7 Å². The standard InChI is InChI=1S/C14H15N3O3S/c18-14(16-8-6-12-10-15-11-17-12)7-9-21(19,20)13-4-2-1-3-5-13/h1-5,7,9-11H,6,8H2,(H,15,17)(H,16,18). The minimum absolute atomic E-state index is 0.159. The summed E-state index contributed by atoms with van der Waals surface area (Å²) in [6, 6.07) is 7.95. The molecule has 1 amide bonds. The molecule has 6 nitrogen and oxygen atoms in total. The maximum Gasteiger partial charge on any atom is 0.244 e. The van der Waals surface area contributed by atoms with Crippen molar-refractivity contribution in [2.75, 3.05) is 6.54 Å². The van der Waals surface area contributed by atoms with Gasteiger partial charge in [0.1, 0.15) is 0 Å². The van der Waals surface area contributed by atoms with Gasteiger partial charge in [-0.15, -0.1) is 0 Å². The molecule has 0 aliphatic carbocycles. The zero-order valence-electron chi connectivity index (χ0n) is 11.2. The molecule has 2 aromatic rings. The Morgan fingerprint density at radius 2 is 2.05 bits per heavy atom. The lowest BCUT2D eigenvalue weighted by atomic mass is 10.3. The van der Waals surface area contributed by atoms with E-state index >= 15 is 0 Å². The Balaban J connectivity index is 1.87. The van der Waals surface area contributed by atoms with Gasteiger partial charge in [-0.25, -0.2) is 13.4 Å². The minimum Gasteiger partial charge on any atom is -0.352 e. The molecule has 2 N–H and O–H groups in total. The quantitative estimate of drug-likeness (QED) is 0.780. The number of benzene rings is 1. The van der Waals surface area contributed by atoms with Crippen LogP contribution in [0.1, 0.15) is 5.69 Å². The molecule has 21 heavy (non-hydrogen) atoms. The van der Waals surface area contributed by atoms with Crippen LogP contribution in [0, 0.1) is 0 Å². The van der Waals surface area contributed by atoms with Gasteiger partial charge >= 0.3 is 0 Å². The summed E-state index contributed by atoms with van der Waals surface area (Å²) in [5.41, 5.74) is 0.899. The highest BCUT2D eigenvalue weighted by molar-refractivity contribution is 7.94. The monoisotopic (exact) mass is 305 g/mol. The van der Waals surface area contributed by atoms with E-state index in [9.17, 15) is 13.2 Å². The Kier molecular flexibility index (Phi) is 4.89. The van der Waals surface area contributed by atoms with Crippen molar-refractivity contribution in [1.29, 1.82) is 0 Å². The predicted octanol–water partition coefficient (Wildman–Crippen LogP) is 1.06. The first kappa shape index (κ1) is 15.0. The average Bonchev–Trinajstić information content (AvgIpc) is 2.99. The lowest BCUT2D eigenvalue weighted by Gasteiger charge is -2.01. The molecule has 1 heterocycles. The summed E-state index contributed by atoms with van der Waals surface area (Å²) in [4.78, 5) is 18.5. The molecule has 0 radical (unpaired) electrons. The SMILES string of the molecule is O=C(C=CS(=O)(=O)c1ccccc1)NCCc1cnc[nH]1. The minimum atomic E-state index is -3.58. The number of sulfone groups is 1. The highest BCUT2D eigenvalue weighted by Crippen LogP contribution is 2.10. The molecular weight excluding hydrogens is 290 g/mol. The Bertz CT molecular complexity index is 707. The highest BCUT2D eigenvalue weighted by Gasteiger charge is 2.09. The van der Waals surface area contributed by atoms with E-state index in [0.717, 1.165) is 17.2 Å². The fourth-order valence-corrected chi connectivity index (χ4v) is 2.64. The molecule has 0 aliphatic heterocycles. The van der Waals surface area contributed by atoms with Gasteiger partial charge in [-0.1, -0.05) is 18.2 Å². The molecule has 7 heteroatoms. The summed E-state index contributed by atoms with van der Waals surface area (Å²) in [5.74, 6) is -0.450. The fourth-order valence-electron chi connectivity index (χ4n) is 1.64. The van der Waals surface area contributed by atoms with Crippen LogP contribution in [-0.4, -0.2) is 30.8 Å². The van der Waals surface area contributed by atoms with Crippen molar-refractivity contribution in [1.82, 2.24) is 15.3 Å². The zero-order valence-corrected chi connectivity index (χ0v) is 12.0. The van der Waals surface area contributed by atoms with Gasteiger partial charge in [0.15, 0.2) is 9.84 Å². The van der Waals surface area contributed by atoms with Crippen LogP contribution in [0.25, 0.3) is 0 Å². The molecule has 0 saturated heterocycles. The third-order valence-electron chi connectivity index (χ3n) is 2.72. The molecule has 0 fully saturated rings. The lowest BCUT2D eigenvalue weighted by molar-refractivity contribution is -0.116. The van der Waals surface area contributed by atoms with Gasteiger partial charge < -0.3 is 10.3 Å². The largest absolute Gasteiger partial charge is 0.352 e. The van der Waals surface area contributed by atoms with Crippen molar-refractivity contribution < 1.29 is 13.2 Å². The molecule has 0 saturated carbocycles. The van der Waals surface area contributed by atoms with Crippen LogP contribution in [-0.2, 0) is 21.1 Å². The maximum atomic E-state index is 11.9. The van der Waals surface area contributed by atoms with Crippen LogP contribution >= 0.6 is 0 Å². The van der Waals surface area contributed by atoms with Gasteiger partial charge in [0.05, 0.1) is 11.2 Å². The summed E-state index contributed by atoms with van der Waals surface area (Å²) in [6.45, 7) is 0.400. The second kappa shape index (κ2) is 6.85. The van der Waals surface area contributed by atoms with E-state index < -0.39 is 15.7 Å². The average molecular weight is 305 g/mol. The number of H-pyrrole nitrogens is 1. The van der Waals surface area contributed by atoms with E-state index in [1.165, 1.54) is 12.1 Å².